The third kappa shape index (κ3) is 6.82. The van der Waals surface area contributed by atoms with Crippen LogP contribution in [0.15, 0.2) is 96.1 Å². The van der Waals surface area contributed by atoms with Gasteiger partial charge in [-0.3, -0.25) is 0 Å². The van der Waals surface area contributed by atoms with Crippen LogP contribution in [0.5, 0.6) is 0 Å². The quantitative estimate of drug-likeness (QED) is 0.148. The second-order valence-electron chi connectivity index (χ2n) is 16.8. The Labute approximate surface area is 318 Å². The summed E-state index contributed by atoms with van der Waals surface area (Å²) in [5.74, 6) is 1.87. The molecule has 4 aromatic carbocycles. The molecule has 7 rings (SSSR count). The number of hydrogen-bond acceptors (Lipinski definition) is 0. The van der Waals surface area contributed by atoms with Crippen LogP contribution in [0.2, 0.25) is 9.26 Å². The standard InChI is InChI=1S/C23H25.C21H23.2CH3.2ClH.H2Si.Zr/c1-16(2)17-10-12-19(13-11-17)22-9-5-8-20-14-21(15-23(20)22)18-6-3-4-7-18;1-4-15(3)17-9-11-18(12-10-17)20-8-6-7-19-13-16(5-2)14-21(19)20;;;;;;/h5,8-16,18H,3-4,6-7H2,1-2H3;6-15H,4-5H2,1-3H3;2*1H3;2*1H;1H2;. The molecule has 1 fully saturated rings. The Bertz CT molecular complexity index is 1970. The normalized spacial score (nSPS) is 19.3. The Morgan fingerprint density at radius 1 is 0.660 bits per heavy atom. The summed E-state index contributed by atoms with van der Waals surface area (Å²) >= 11 is -3.71. The Hall–Kier alpha value is -1.96. The molecular weight excluding hydrogens is 743 g/mol. The second kappa shape index (κ2) is 15.2. The van der Waals surface area contributed by atoms with E-state index >= 15 is 0 Å². The summed E-state index contributed by atoms with van der Waals surface area (Å²) in [4.78, 5) is 0. The molecule has 0 spiro atoms. The number of fused-ring (bicyclic) bond motifs is 2. The minimum Gasteiger partial charge on any atom is -0.147 e. The van der Waals surface area contributed by atoms with Gasteiger partial charge >= 0.3 is 296 Å². The molecule has 264 valence electrons. The Kier molecular flexibility index (Phi) is 11.9. The van der Waals surface area contributed by atoms with E-state index in [0.29, 0.717) is 19.1 Å². The molecule has 3 aliphatic carbocycles. The van der Waals surface area contributed by atoms with Gasteiger partial charge in [0.15, 0.2) is 0 Å². The van der Waals surface area contributed by atoms with E-state index in [9.17, 15) is 0 Å². The number of rotatable bonds is 9. The van der Waals surface area contributed by atoms with Crippen LogP contribution in [0.1, 0.15) is 126 Å². The van der Waals surface area contributed by atoms with Gasteiger partial charge in [0.2, 0.25) is 0 Å². The summed E-state index contributed by atoms with van der Waals surface area (Å²) in [6, 6.07) is 33.5. The molecule has 0 nitrogen and oxygen atoms in total. The fourth-order valence-corrected chi connectivity index (χ4v) is 29.7. The smallest absolute Gasteiger partial charge is 0.147 e. The van der Waals surface area contributed by atoms with Crippen molar-refractivity contribution in [3.05, 3.63) is 129 Å². The van der Waals surface area contributed by atoms with E-state index in [1.54, 1.807) is 22.3 Å². The molecule has 0 amide bonds. The molecule has 1 saturated carbocycles. The van der Waals surface area contributed by atoms with Gasteiger partial charge in [0, 0.05) is 0 Å². The average Bonchev–Trinajstić information content (AvgIpc) is 3.85. The monoisotopic (exact) mass is 798 g/mol. The van der Waals surface area contributed by atoms with E-state index < -0.39 is 17.4 Å². The van der Waals surface area contributed by atoms with E-state index in [-0.39, 0.29) is 24.8 Å². The number of halogens is 2. The number of hydrogen-bond donors (Lipinski definition) is 0. The van der Waals surface area contributed by atoms with Crippen molar-refractivity contribution in [1.82, 2.24) is 0 Å². The summed E-state index contributed by atoms with van der Waals surface area (Å²) in [6.07, 6.45) is 13.1. The molecule has 50 heavy (non-hydrogen) atoms. The van der Waals surface area contributed by atoms with Crippen LogP contribution in [-0.2, 0) is 17.4 Å². The summed E-state index contributed by atoms with van der Waals surface area (Å²) in [5.41, 5.74) is 18.2. The predicted octanol–water partition coefficient (Wildman–Crippen LogP) is 14.0. The van der Waals surface area contributed by atoms with E-state index in [0.717, 1.165) is 12.3 Å². The molecule has 0 aromatic heterocycles. The van der Waals surface area contributed by atoms with Crippen molar-refractivity contribution in [3.8, 4) is 22.3 Å². The molecule has 0 bridgehead atoms. The first-order chi connectivity index (χ1) is 23.0. The first kappa shape index (κ1) is 39.3. The maximum Gasteiger partial charge on any atom is -0.147 e. The van der Waals surface area contributed by atoms with E-state index in [1.807, 2.05) is 0 Å². The third-order valence-electron chi connectivity index (χ3n) is 12.7. The zero-order valence-electron chi connectivity index (χ0n) is 31.4. The van der Waals surface area contributed by atoms with Crippen molar-refractivity contribution in [2.75, 3.05) is 0 Å². The average molecular weight is 801 g/mol. The van der Waals surface area contributed by atoms with Gasteiger partial charge in [0.05, 0.1) is 0 Å². The zero-order valence-corrected chi connectivity index (χ0v) is 36.9. The van der Waals surface area contributed by atoms with Gasteiger partial charge in [-0.2, -0.15) is 0 Å². The molecule has 0 N–H and O–H groups in total. The Morgan fingerprint density at radius 3 is 1.66 bits per heavy atom. The zero-order chi connectivity index (χ0) is 33.8. The van der Waals surface area contributed by atoms with Crippen LogP contribution in [0.25, 0.3) is 34.4 Å². The molecule has 4 aromatic rings. The van der Waals surface area contributed by atoms with Gasteiger partial charge in [-0.1, -0.05) is 0 Å². The van der Waals surface area contributed by atoms with E-state index in [1.165, 1.54) is 76.6 Å². The van der Waals surface area contributed by atoms with Crippen LogP contribution in [-0.4, -0.2) is 6.88 Å². The van der Waals surface area contributed by atoms with Crippen molar-refractivity contribution in [3.63, 3.8) is 0 Å². The van der Waals surface area contributed by atoms with E-state index in [2.05, 4.69) is 148 Å². The van der Waals surface area contributed by atoms with Crippen molar-refractivity contribution >= 4 is 43.8 Å². The van der Waals surface area contributed by atoms with Crippen molar-refractivity contribution in [1.29, 1.82) is 0 Å². The third-order valence-corrected chi connectivity index (χ3v) is 30.1. The maximum absolute atomic E-state index is 3.71. The SMILES string of the molecule is CCC1=Cc2c(-c3ccc(C(C)CC)cc3)cccc2[CH]1[Zr]([CH3])([CH3])(=[SiH2])[CH]1C(C2CCCC2)=Cc2c(-c3ccc(C(C)C)cc3)cccc21.Cl.Cl. The molecule has 4 heteroatoms. The predicted molar refractivity (Wildman–Crippen MR) is 225 cm³/mol. The fourth-order valence-electron chi connectivity index (χ4n) is 9.93. The van der Waals surface area contributed by atoms with Gasteiger partial charge in [0.25, 0.3) is 0 Å². The van der Waals surface area contributed by atoms with Gasteiger partial charge in [-0.15, -0.1) is 24.8 Å². The van der Waals surface area contributed by atoms with Crippen molar-refractivity contribution in [2.24, 2.45) is 5.92 Å². The van der Waals surface area contributed by atoms with Crippen LogP contribution in [0.4, 0.5) is 0 Å². The van der Waals surface area contributed by atoms with E-state index in [4.69, 9.17) is 0 Å². The van der Waals surface area contributed by atoms with Crippen molar-refractivity contribution in [2.45, 2.75) is 101 Å². The molecule has 0 heterocycles. The maximum atomic E-state index is 2.84. The molecule has 3 aliphatic rings. The van der Waals surface area contributed by atoms with Crippen LogP contribution < -0.4 is 0 Å². The minimum atomic E-state index is -3.71. The number of allylic oxidation sites excluding steroid dienone is 2. The second-order valence-corrected chi connectivity index (χ2v) is 47.3. The minimum absolute atomic E-state index is 0. The molecule has 3 unspecified atom stereocenters. The first-order valence-electron chi connectivity index (χ1n) is 19.0. The largest absolute Gasteiger partial charge is 0.147 e. The molecule has 0 saturated heterocycles. The molecule has 0 aliphatic heterocycles. The molecule has 0 radical (unpaired) electrons. The van der Waals surface area contributed by atoms with Gasteiger partial charge in [-0.25, -0.2) is 0 Å². The fraction of sp³-hybridized carbons (Fsp3) is 0.391. The molecular formula is C46H58Cl2SiZr. The molecule has 3 atom stereocenters. The van der Waals surface area contributed by atoms with Gasteiger partial charge in [0.1, 0.15) is 0 Å². The van der Waals surface area contributed by atoms with Crippen LogP contribution >= 0.6 is 24.8 Å². The van der Waals surface area contributed by atoms with Gasteiger partial charge in [-0.05, 0) is 0 Å². The summed E-state index contributed by atoms with van der Waals surface area (Å²) in [6.45, 7) is 14.1. The summed E-state index contributed by atoms with van der Waals surface area (Å²) in [5, 5.41) is 0. The topological polar surface area (TPSA) is 0 Å². The van der Waals surface area contributed by atoms with Gasteiger partial charge < -0.3 is 0 Å². The van der Waals surface area contributed by atoms with Crippen LogP contribution in [0.3, 0.4) is 0 Å². The Balaban J connectivity index is 0.00000243. The summed E-state index contributed by atoms with van der Waals surface area (Å²) < 4.78 is 6.80. The Morgan fingerprint density at radius 2 is 1.16 bits per heavy atom. The number of benzene rings is 4. The van der Waals surface area contributed by atoms with Crippen LogP contribution in [0, 0.1) is 5.92 Å². The summed E-state index contributed by atoms with van der Waals surface area (Å²) in [7, 11) is 0. The van der Waals surface area contributed by atoms with Crippen molar-refractivity contribution < 1.29 is 17.4 Å². The first-order valence-corrected chi connectivity index (χ1v) is 32.6.